The molecule has 0 amide bonds. The fourth-order valence-corrected chi connectivity index (χ4v) is 2.18. The largest absolute Gasteiger partial charge is 0.396 e. The predicted octanol–water partition coefficient (Wildman–Crippen LogP) is 2.20. The fraction of sp³-hybridized carbons (Fsp3) is 0.538. The third-order valence-electron chi connectivity index (χ3n) is 3.23. The summed E-state index contributed by atoms with van der Waals surface area (Å²) >= 11 is 0. The minimum atomic E-state index is 0.323. The number of nitrogens with zero attached hydrogens (tertiary/aromatic N) is 1. The summed E-state index contributed by atoms with van der Waals surface area (Å²) in [5.74, 6) is 0. The summed E-state index contributed by atoms with van der Waals surface area (Å²) in [6.07, 6.45) is 2.07. The van der Waals surface area contributed by atoms with Crippen molar-refractivity contribution in [2.24, 2.45) is 0 Å². The van der Waals surface area contributed by atoms with E-state index < -0.39 is 0 Å². The Morgan fingerprint density at radius 2 is 2.13 bits per heavy atom. The molecule has 1 fully saturated rings. The Hall–Kier alpha value is -0.860. The third kappa shape index (κ3) is 2.58. The van der Waals surface area contributed by atoms with Gasteiger partial charge in [-0.2, -0.15) is 0 Å². The minimum Gasteiger partial charge on any atom is -0.396 e. The zero-order chi connectivity index (χ0) is 10.7. The molecule has 0 radical (unpaired) electrons. The Bertz CT molecular complexity index is 299. The van der Waals surface area contributed by atoms with Crippen molar-refractivity contribution in [1.82, 2.24) is 4.90 Å². The number of rotatable bonds is 5. The Balaban J connectivity index is 1.86. The van der Waals surface area contributed by atoms with E-state index in [9.17, 15) is 0 Å². The third-order valence-corrected chi connectivity index (χ3v) is 3.23. The van der Waals surface area contributed by atoms with Crippen molar-refractivity contribution < 1.29 is 5.11 Å². The molecule has 1 heterocycles. The first-order chi connectivity index (χ1) is 7.33. The molecular formula is C13H19NO. The smallest absolute Gasteiger partial charge is 0.0431 e. The lowest BCUT2D eigenvalue weighted by Crippen LogP contribution is -2.08. The van der Waals surface area contributed by atoms with Gasteiger partial charge in [-0.25, -0.2) is 0 Å². The molecule has 0 aliphatic carbocycles. The van der Waals surface area contributed by atoms with Gasteiger partial charge in [-0.3, -0.25) is 4.90 Å². The lowest BCUT2D eigenvalue weighted by molar-refractivity contribution is 0.277. The van der Waals surface area contributed by atoms with Crippen LogP contribution in [0.5, 0.6) is 0 Å². The molecular weight excluding hydrogens is 186 g/mol. The van der Waals surface area contributed by atoms with E-state index in [4.69, 9.17) is 5.11 Å². The summed E-state index contributed by atoms with van der Waals surface area (Å²) in [6.45, 7) is 3.77. The molecule has 0 saturated carbocycles. The molecule has 1 aliphatic heterocycles. The average molecular weight is 205 g/mol. The van der Waals surface area contributed by atoms with Crippen LogP contribution in [0.1, 0.15) is 31.4 Å². The quantitative estimate of drug-likeness (QED) is 0.745. The molecule has 1 saturated heterocycles. The normalized spacial score (nSPS) is 26.3. The molecule has 0 aromatic heterocycles. The summed E-state index contributed by atoms with van der Waals surface area (Å²) in [5, 5.41) is 8.77. The van der Waals surface area contributed by atoms with Crippen molar-refractivity contribution in [3.8, 4) is 0 Å². The second-order valence-electron chi connectivity index (χ2n) is 4.30. The highest BCUT2D eigenvalue weighted by Gasteiger charge is 2.37. The topological polar surface area (TPSA) is 23.2 Å². The van der Waals surface area contributed by atoms with Gasteiger partial charge in [0.2, 0.25) is 0 Å². The number of benzene rings is 1. The SMILES string of the molecule is C[C@H](c1ccccc1)N1C[C@@H]1CCCO. The molecule has 82 valence electrons. The molecule has 1 aromatic carbocycles. The van der Waals surface area contributed by atoms with Gasteiger partial charge in [0.1, 0.15) is 0 Å². The Morgan fingerprint density at radius 3 is 2.80 bits per heavy atom. The second-order valence-corrected chi connectivity index (χ2v) is 4.30. The van der Waals surface area contributed by atoms with Crippen molar-refractivity contribution in [1.29, 1.82) is 0 Å². The molecule has 1 aliphatic rings. The van der Waals surface area contributed by atoms with Crippen LogP contribution in [0.3, 0.4) is 0 Å². The van der Waals surface area contributed by atoms with E-state index in [1.54, 1.807) is 0 Å². The molecule has 0 spiro atoms. The van der Waals surface area contributed by atoms with Crippen LogP contribution in [-0.2, 0) is 0 Å². The highest BCUT2D eigenvalue weighted by molar-refractivity contribution is 5.20. The summed E-state index contributed by atoms with van der Waals surface area (Å²) in [6, 6.07) is 11.8. The maximum Gasteiger partial charge on any atom is 0.0431 e. The summed E-state index contributed by atoms with van der Waals surface area (Å²) in [7, 11) is 0. The lowest BCUT2D eigenvalue weighted by Gasteiger charge is -2.14. The zero-order valence-electron chi connectivity index (χ0n) is 9.26. The maximum atomic E-state index is 8.77. The molecule has 3 atom stereocenters. The van der Waals surface area contributed by atoms with Crippen LogP contribution in [0.2, 0.25) is 0 Å². The van der Waals surface area contributed by atoms with Gasteiger partial charge in [-0.1, -0.05) is 30.3 Å². The van der Waals surface area contributed by atoms with E-state index in [2.05, 4.69) is 42.2 Å². The summed E-state index contributed by atoms with van der Waals surface area (Å²) in [5.41, 5.74) is 1.39. The van der Waals surface area contributed by atoms with Crippen LogP contribution in [0, 0.1) is 0 Å². The average Bonchev–Trinajstić information content (AvgIpc) is 3.06. The van der Waals surface area contributed by atoms with Crippen molar-refractivity contribution >= 4 is 0 Å². The van der Waals surface area contributed by atoms with Gasteiger partial charge < -0.3 is 5.11 Å². The maximum absolute atomic E-state index is 8.77. The van der Waals surface area contributed by atoms with E-state index in [1.807, 2.05) is 0 Å². The van der Waals surface area contributed by atoms with Crippen molar-refractivity contribution in [2.75, 3.05) is 13.2 Å². The Labute approximate surface area is 91.5 Å². The molecule has 2 rings (SSSR count). The van der Waals surface area contributed by atoms with Gasteiger partial charge in [0.05, 0.1) is 0 Å². The number of aliphatic hydroxyl groups excluding tert-OH is 1. The van der Waals surface area contributed by atoms with Crippen LogP contribution in [0.25, 0.3) is 0 Å². The molecule has 0 bridgehead atoms. The molecule has 15 heavy (non-hydrogen) atoms. The number of hydrogen-bond donors (Lipinski definition) is 1. The van der Waals surface area contributed by atoms with Crippen LogP contribution in [-0.4, -0.2) is 29.2 Å². The molecule has 2 nitrogen and oxygen atoms in total. The number of hydrogen-bond acceptors (Lipinski definition) is 2. The zero-order valence-corrected chi connectivity index (χ0v) is 9.26. The van der Waals surface area contributed by atoms with Crippen molar-refractivity contribution in [3.63, 3.8) is 0 Å². The monoisotopic (exact) mass is 205 g/mol. The van der Waals surface area contributed by atoms with Gasteiger partial charge in [0.15, 0.2) is 0 Å². The molecule has 2 heteroatoms. The van der Waals surface area contributed by atoms with Crippen LogP contribution in [0.4, 0.5) is 0 Å². The van der Waals surface area contributed by atoms with Crippen LogP contribution >= 0.6 is 0 Å². The van der Waals surface area contributed by atoms with E-state index >= 15 is 0 Å². The first-order valence-electron chi connectivity index (χ1n) is 5.74. The van der Waals surface area contributed by atoms with Crippen molar-refractivity contribution in [3.05, 3.63) is 35.9 Å². The van der Waals surface area contributed by atoms with Crippen molar-refractivity contribution in [2.45, 2.75) is 31.8 Å². The first kappa shape index (κ1) is 10.7. The van der Waals surface area contributed by atoms with E-state index in [0.717, 1.165) is 12.8 Å². The number of aliphatic hydroxyl groups is 1. The van der Waals surface area contributed by atoms with Gasteiger partial charge in [-0.15, -0.1) is 0 Å². The van der Waals surface area contributed by atoms with E-state index in [-0.39, 0.29) is 0 Å². The van der Waals surface area contributed by atoms with Crippen LogP contribution < -0.4 is 0 Å². The van der Waals surface area contributed by atoms with E-state index in [0.29, 0.717) is 18.7 Å². The fourth-order valence-electron chi connectivity index (χ4n) is 2.18. The lowest BCUT2D eigenvalue weighted by atomic mass is 10.1. The Kier molecular flexibility index (Phi) is 3.39. The van der Waals surface area contributed by atoms with Gasteiger partial charge in [0, 0.05) is 25.2 Å². The van der Waals surface area contributed by atoms with E-state index in [1.165, 1.54) is 12.1 Å². The summed E-state index contributed by atoms with van der Waals surface area (Å²) < 4.78 is 0. The molecule has 1 unspecified atom stereocenters. The van der Waals surface area contributed by atoms with Crippen LogP contribution in [0.15, 0.2) is 30.3 Å². The minimum absolute atomic E-state index is 0.323. The van der Waals surface area contributed by atoms with Gasteiger partial charge in [-0.05, 0) is 25.3 Å². The molecule has 1 N–H and O–H groups in total. The first-order valence-corrected chi connectivity index (χ1v) is 5.74. The second kappa shape index (κ2) is 4.77. The van der Waals surface area contributed by atoms with Gasteiger partial charge in [0.25, 0.3) is 0 Å². The Morgan fingerprint density at radius 1 is 1.40 bits per heavy atom. The summed E-state index contributed by atoms with van der Waals surface area (Å²) in [4.78, 5) is 2.49. The van der Waals surface area contributed by atoms with Gasteiger partial charge >= 0.3 is 0 Å². The predicted molar refractivity (Wildman–Crippen MR) is 61.7 cm³/mol. The molecule has 1 aromatic rings. The highest BCUT2D eigenvalue weighted by Crippen LogP contribution is 2.33. The highest BCUT2D eigenvalue weighted by atomic mass is 16.2. The standard InChI is InChI=1S/C13H19NO/c1-11(12-6-3-2-4-7-12)14-10-13(14)8-5-9-15/h2-4,6-7,11,13,15H,5,8-10H2,1H3/t11-,13+,14?/m1/s1.